The van der Waals surface area contributed by atoms with E-state index in [2.05, 4.69) is 5.32 Å². The van der Waals surface area contributed by atoms with Gasteiger partial charge in [-0.15, -0.1) is 0 Å². The summed E-state index contributed by atoms with van der Waals surface area (Å²) in [6.45, 7) is 0. The quantitative estimate of drug-likeness (QED) is 0.923. The summed E-state index contributed by atoms with van der Waals surface area (Å²) in [6.07, 6.45) is 10.1. The van der Waals surface area contributed by atoms with E-state index in [4.69, 9.17) is 0 Å². The number of rotatable bonds is 3. The molecule has 24 heavy (non-hydrogen) atoms. The molecule has 0 aromatic heterocycles. The SMILES string of the molecule is O=C(NC1CCCC1)[C@@H]1c2ccccc2C(=O)N1C1CCCCC1. The van der Waals surface area contributed by atoms with Crippen LogP contribution >= 0.6 is 0 Å². The van der Waals surface area contributed by atoms with Crippen LogP contribution in [0.5, 0.6) is 0 Å². The second-order valence-corrected chi connectivity index (χ2v) is 7.48. The van der Waals surface area contributed by atoms with Crippen LogP contribution in [-0.4, -0.2) is 28.8 Å². The molecule has 4 heteroatoms. The normalized spacial score (nSPS) is 25.1. The molecule has 4 rings (SSSR count). The summed E-state index contributed by atoms with van der Waals surface area (Å²) < 4.78 is 0. The molecule has 128 valence electrons. The zero-order valence-corrected chi connectivity index (χ0v) is 14.2. The number of nitrogens with zero attached hydrogens (tertiary/aromatic N) is 1. The molecule has 2 aliphatic carbocycles. The van der Waals surface area contributed by atoms with E-state index >= 15 is 0 Å². The summed E-state index contributed by atoms with van der Waals surface area (Å²) in [7, 11) is 0. The number of carbonyl (C=O) groups excluding carboxylic acids is 2. The minimum atomic E-state index is -0.433. The zero-order chi connectivity index (χ0) is 16.5. The molecular weight excluding hydrogens is 300 g/mol. The van der Waals surface area contributed by atoms with E-state index in [1.807, 2.05) is 29.2 Å². The van der Waals surface area contributed by atoms with Gasteiger partial charge in [0.25, 0.3) is 5.91 Å². The summed E-state index contributed by atoms with van der Waals surface area (Å²) >= 11 is 0. The molecule has 2 fully saturated rings. The topological polar surface area (TPSA) is 49.4 Å². The molecule has 2 amide bonds. The van der Waals surface area contributed by atoms with Gasteiger partial charge in [0, 0.05) is 17.6 Å². The van der Waals surface area contributed by atoms with E-state index in [9.17, 15) is 9.59 Å². The Hall–Kier alpha value is -1.84. The minimum absolute atomic E-state index is 0.0192. The van der Waals surface area contributed by atoms with Gasteiger partial charge in [-0.25, -0.2) is 0 Å². The Balaban J connectivity index is 1.63. The Morgan fingerprint density at radius 1 is 0.958 bits per heavy atom. The van der Waals surface area contributed by atoms with Gasteiger partial charge >= 0.3 is 0 Å². The summed E-state index contributed by atoms with van der Waals surface area (Å²) in [5.41, 5.74) is 1.61. The molecule has 2 saturated carbocycles. The summed E-state index contributed by atoms with van der Waals surface area (Å²) in [6, 6.07) is 7.72. The number of benzene rings is 1. The maximum absolute atomic E-state index is 13.1. The smallest absolute Gasteiger partial charge is 0.255 e. The van der Waals surface area contributed by atoms with E-state index < -0.39 is 6.04 Å². The second kappa shape index (κ2) is 6.58. The van der Waals surface area contributed by atoms with Gasteiger partial charge in [-0.05, 0) is 37.3 Å². The lowest BCUT2D eigenvalue weighted by atomic mass is 9.93. The van der Waals surface area contributed by atoms with Crippen molar-refractivity contribution in [2.45, 2.75) is 75.9 Å². The fourth-order valence-electron chi connectivity index (χ4n) is 4.69. The van der Waals surface area contributed by atoms with E-state index in [0.29, 0.717) is 0 Å². The van der Waals surface area contributed by atoms with Crippen LogP contribution in [0.25, 0.3) is 0 Å². The van der Waals surface area contributed by atoms with Gasteiger partial charge < -0.3 is 10.2 Å². The average molecular weight is 326 g/mol. The Morgan fingerprint density at radius 3 is 2.38 bits per heavy atom. The van der Waals surface area contributed by atoms with Crippen molar-refractivity contribution < 1.29 is 9.59 Å². The summed E-state index contributed by atoms with van der Waals surface area (Å²) in [5, 5.41) is 3.22. The van der Waals surface area contributed by atoms with Crippen molar-refractivity contribution in [2.75, 3.05) is 0 Å². The lowest BCUT2D eigenvalue weighted by Gasteiger charge is -2.35. The average Bonchev–Trinajstić information content (AvgIpc) is 3.22. The summed E-state index contributed by atoms with van der Waals surface area (Å²) in [4.78, 5) is 27.9. The monoisotopic (exact) mass is 326 g/mol. The number of fused-ring (bicyclic) bond motifs is 1. The lowest BCUT2D eigenvalue weighted by molar-refractivity contribution is -0.127. The van der Waals surface area contributed by atoms with Crippen molar-refractivity contribution in [3.63, 3.8) is 0 Å². The number of hydrogen-bond acceptors (Lipinski definition) is 2. The largest absolute Gasteiger partial charge is 0.351 e. The van der Waals surface area contributed by atoms with Crippen molar-refractivity contribution in [1.82, 2.24) is 10.2 Å². The summed E-state index contributed by atoms with van der Waals surface area (Å²) in [5.74, 6) is 0.0647. The Morgan fingerprint density at radius 2 is 1.62 bits per heavy atom. The first-order valence-corrected chi connectivity index (χ1v) is 9.47. The van der Waals surface area contributed by atoms with Crippen LogP contribution in [-0.2, 0) is 4.79 Å². The Labute approximate surface area is 143 Å². The molecule has 1 heterocycles. The molecule has 1 aromatic carbocycles. The van der Waals surface area contributed by atoms with Gasteiger partial charge in [-0.1, -0.05) is 50.3 Å². The van der Waals surface area contributed by atoms with Crippen LogP contribution in [0.2, 0.25) is 0 Å². The number of carbonyl (C=O) groups is 2. The van der Waals surface area contributed by atoms with E-state index in [1.165, 1.54) is 19.3 Å². The minimum Gasteiger partial charge on any atom is -0.351 e. The van der Waals surface area contributed by atoms with Crippen molar-refractivity contribution in [3.05, 3.63) is 35.4 Å². The highest BCUT2D eigenvalue weighted by molar-refractivity contribution is 6.04. The number of nitrogens with one attached hydrogen (secondary N) is 1. The van der Waals surface area contributed by atoms with Crippen molar-refractivity contribution in [3.8, 4) is 0 Å². The predicted octanol–water partition coefficient (Wildman–Crippen LogP) is 3.58. The Bertz CT molecular complexity index is 630. The van der Waals surface area contributed by atoms with Gasteiger partial charge in [-0.3, -0.25) is 9.59 Å². The first kappa shape index (κ1) is 15.7. The van der Waals surface area contributed by atoms with Crippen LogP contribution in [0, 0.1) is 0 Å². The molecule has 0 radical (unpaired) electrons. The van der Waals surface area contributed by atoms with Crippen molar-refractivity contribution in [1.29, 1.82) is 0 Å². The molecular formula is C20H26N2O2. The highest BCUT2D eigenvalue weighted by atomic mass is 16.2. The first-order chi connectivity index (χ1) is 11.8. The maximum Gasteiger partial charge on any atom is 0.255 e. The van der Waals surface area contributed by atoms with Crippen LogP contribution in [0.15, 0.2) is 24.3 Å². The molecule has 1 atom stereocenters. The number of amides is 2. The third-order valence-corrected chi connectivity index (χ3v) is 5.92. The second-order valence-electron chi connectivity index (χ2n) is 7.48. The predicted molar refractivity (Wildman–Crippen MR) is 92.6 cm³/mol. The number of hydrogen-bond donors (Lipinski definition) is 1. The fraction of sp³-hybridized carbons (Fsp3) is 0.600. The van der Waals surface area contributed by atoms with Gasteiger partial charge in [0.05, 0.1) is 0 Å². The highest BCUT2D eigenvalue weighted by Crippen LogP contribution is 2.39. The van der Waals surface area contributed by atoms with Crippen LogP contribution in [0.3, 0.4) is 0 Å². The van der Waals surface area contributed by atoms with Crippen LogP contribution < -0.4 is 5.32 Å². The van der Waals surface area contributed by atoms with Crippen LogP contribution in [0.1, 0.15) is 79.8 Å². The van der Waals surface area contributed by atoms with E-state index in [0.717, 1.165) is 49.7 Å². The molecule has 1 aromatic rings. The van der Waals surface area contributed by atoms with Crippen molar-refractivity contribution >= 4 is 11.8 Å². The molecule has 0 saturated heterocycles. The standard InChI is InChI=1S/C20H26N2O2/c23-19(21-14-8-4-5-9-14)18-16-12-6-7-13-17(16)20(24)22(18)15-10-2-1-3-11-15/h6-7,12-15,18H,1-5,8-11H2,(H,21,23)/t18-/m0/s1. The zero-order valence-electron chi connectivity index (χ0n) is 14.2. The fourth-order valence-corrected chi connectivity index (χ4v) is 4.69. The molecule has 0 bridgehead atoms. The van der Waals surface area contributed by atoms with Crippen molar-refractivity contribution in [2.24, 2.45) is 0 Å². The van der Waals surface area contributed by atoms with Gasteiger partial charge in [0.1, 0.15) is 6.04 Å². The molecule has 3 aliphatic rings. The van der Waals surface area contributed by atoms with Crippen LogP contribution in [0.4, 0.5) is 0 Å². The molecule has 1 N–H and O–H groups in total. The molecule has 0 spiro atoms. The van der Waals surface area contributed by atoms with Gasteiger partial charge in [0.2, 0.25) is 5.91 Å². The van der Waals surface area contributed by atoms with E-state index in [1.54, 1.807) is 0 Å². The van der Waals surface area contributed by atoms with Gasteiger partial charge in [-0.2, -0.15) is 0 Å². The third kappa shape index (κ3) is 2.72. The molecule has 4 nitrogen and oxygen atoms in total. The highest BCUT2D eigenvalue weighted by Gasteiger charge is 2.44. The lowest BCUT2D eigenvalue weighted by Crippen LogP contribution is -2.47. The first-order valence-electron chi connectivity index (χ1n) is 9.47. The Kier molecular flexibility index (Phi) is 4.30. The maximum atomic E-state index is 13.1. The van der Waals surface area contributed by atoms with Gasteiger partial charge in [0.15, 0.2) is 0 Å². The third-order valence-electron chi connectivity index (χ3n) is 5.92. The molecule has 1 aliphatic heterocycles. The van der Waals surface area contributed by atoms with E-state index in [-0.39, 0.29) is 23.9 Å². The molecule has 0 unspecified atom stereocenters.